The third-order valence-electron chi connectivity index (χ3n) is 2.88. The zero-order chi connectivity index (χ0) is 15.0. The Labute approximate surface area is 118 Å². The Morgan fingerprint density at radius 2 is 1.75 bits per heavy atom. The number of allylic oxidation sites excluding steroid dienone is 3. The van der Waals surface area contributed by atoms with E-state index >= 15 is 0 Å². The Balaban J connectivity index is 2.57. The number of alkyl halides is 3. The zero-order valence-electron chi connectivity index (χ0n) is 11.8. The molecule has 110 valence electrons. The van der Waals surface area contributed by atoms with E-state index in [0.717, 1.165) is 24.2 Å². The van der Waals surface area contributed by atoms with Crippen LogP contribution in [0.1, 0.15) is 31.7 Å². The van der Waals surface area contributed by atoms with E-state index in [2.05, 4.69) is 13.0 Å². The fourth-order valence-corrected chi connectivity index (χ4v) is 1.65. The van der Waals surface area contributed by atoms with Crippen LogP contribution in [0, 0.1) is 0 Å². The van der Waals surface area contributed by atoms with Gasteiger partial charge in [-0.15, -0.1) is 0 Å². The van der Waals surface area contributed by atoms with Crippen LogP contribution in [-0.4, -0.2) is 7.05 Å². The summed E-state index contributed by atoms with van der Waals surface area (Å²) in [5.74, 6) is 0. The summed E-state index contributed by atoms with van der Waals surface area (Å²) in [7, 11) is 1.80. The minimum absolute atomic E-state index is 0.627. The van der Waals surface area contributed by atoms with Gasteiger partial charge in [-0.05, 0) is 36.8 Å². The predicted octanol–water partition coefficient (Wildman–Crippen LogP) is 5.40. The van der Waals surface area contributed by atoms with Gasteiger partial charge in [0.15, 0.2) is 0 Å². The van der Waals surface area contributed by atoms with Gasteiger partial charge in [-0.3, -0.25) is 0 Å². The van der Waals surface area contributed by atoms with Gasteiger partial charge < -0.3 is 4.90 Å². The predicted molar refractivity (Wildman–Crippen MR) is 77.7 cm³/mol. The third-order valence-corrected chi connectivity index (χ3v) is 2.88. The number of hydrogen-bond donors (Lipinski definition) is 0. The van der Waals surface area contributed by atoms with Crippen molar-refractivity contribution in [2.75, 3.05) is 11.9 Å². The van der Waals surface area contributed by atoms with Crippen molar-refractivity contribution in [2.45, 2.75) is 32.4 Å². The number of anilines is 1. The number of unbranched alkanes of at least 4 members (excludes halogenated alkanes) is 2. The molecule has 0 radical (unpaired) electrons. The summed E-state index contributed by atoms with van der Waals surface area (Å²) in [4.78, 5) is 1.78. The second-order valence-electron chi connectivity index (χ2n) is 4.57. The van der Waals surface area contributed by atoms with Gasteiger partial charge in [-0.2, -0.15) is 13.2 Å². The second kappa shape index (κ2) is 7.78. The van der Waals surface area contributed by atoms with Gasteiger partial charge in [-0.1, -0.05) is 31.9 Å². The molecule has 0 amide bonds. The summed E-state index contributed by atoms with van der Waals surface area (Å²) < 4.78 is 37.3. The SMILES string of the molecule is CCCC/C=C/C=C/N(C)c1ccc(C(F)(F)F)cc1. The maximum atomic E-state index is 12.4. The summed E-state index contributed by atoms with van der Waals surface area (Å²) in [6.45, 7) is 2.14. The van der Waals surface area contributed by atoms with Crippen molar-refractivity contribution in [3.05, 3.63) is 54.3 Å². The Morgan fingerprint density at radius 3 is 2.30 bits per heavy atom. The monoisotopic (exact) mass is 283 g/mol. The molecule has 1 aromatic carbocycles. The molecule has 0 heterocycles. The highest BCUT2D eigenvalue weighted by atomic mass is 19.4. The normalized spacial score (nSPS) is 12.4. The average Bonchev–Trinajstić information content (AvgIpc) is 2.41. The van der Waals surface area contributed by atoms with Crippen LogP contribution in [0.25, 0.3) is 0 Å². The molecular formula is C16H20F3N. The van der Waals surface area contributed by atoms with Crippen LogP contribution >= 0.6 is 0 Å². The molecule has 0 saturated heterocycles. The first-order chi connectivity index (χ1) is 9.45. The molecule has 1 nitrogen and oxygen atoms in total. The third kappa shape index (κ3) is 5.51. The van der Waals surface area contributed by atoms with Gasteiger partial charge >= 0.3 is 6.18 Å². The highest BCUT2D eigenvalue weighted by Gasteiger charge is 2.29. The largest absolute Gasteiger partial charge is 0.416 e. The first-order valence-corrected chi connectivity index (χ1v) is 6.68. The van der Waals surface area contributed by atoms with E-state index in [1.807, 2.05) is 18.4 Å². The van der Waals surface area contributed by atoms with Gasteiger partial charge in [0.2, 0.25) is 0 Å². The molecule has 0 aliphatic carbocycles. The summed E-state index contributed by atoms with van der Waals surface area (Å²) >= 11 is 0. The molecule has 0 N–H and O–H groups in total. The Morgan fingerprint density at radius 1 is 1.10 bits per heavy atom. The smallest absolute Gasteiger partial charge is 0.351 e. The van der Waals surface area contributed by atoms with Gasteiger partial charge in [0.25, 0.3) is 0 Å². The van der Waals surface area contributed by atoms with Crippen LogP contribution < -0.4 is 4.90 Å². The zero-order valence-corrected chi connectivity index (χ0v) is 11.8. The lowest BCUT2D eigenvalue weighted by Gasteiger charge is -2.15. The fourth-order valence-electron chi connectivity index (χ4n) is 1.65. The molecule has 0 spiro atoms. The summed E-state index contributed by atoms with van der Waals surface area (Å²) in [6, 6.07) is 5.12. The van der Waals surface area contributed by atoms with Crippen LogP contribution in [0.3, 0.4) is 0 Å². The Kier molecular flexibility index (Phi) is 6.36. The molecule has 1 aromatic rings. The summed E-state index contributed by atoms with van der Waals surface area (Å²) in [5, 5.41) is 0. The molecule has 0 aromatic heterocycles. The van der Waals surface area contributed by atoms with Gasteiger partial charge in [-0.25, -0.2) is 0 Å². The average molecular weight is 283 g/mol. The van der Waals surface area contributed by atoms with Crippen molar-refractivity contribution in [3.8, 4) is 0 Å². The standard InChI is InChI=1S/C16H20F3N/c1-3-4-5-6-7-8-13-20(2)15-11-9-14(10-12-15)16(17,18)19/h6-13H,3-5H2,1-2H3/b7-6+,13-8+. The van der Waals surface area contributed by atoms with Crippen molar-refractivity contribution in [1.82, 2.24) is 0 Å². The topological polar surface area (TPSA) is 3.24 Å². The van der Waals surface area contributed by atoms with E-state index < -0.39 is 11.7 Å². The van der Waals surface area contributed by atoms with Crippen LogP contribution in [0.5, 0.6) is 0 Å². The van der Waals surface area contributed by atoms with Crippen molar-refractivity contribution < 1.29 is 13.2 Å². The highest BCUT2D eigenvalue weighted by molar-refractivity contribution is 5.49. The molecule has 0 unspecified atom stereocenters. The molecule has 0 atom stereocenters. The van der Waals surface area contributed by atoms with Crippen molar-refractivity contribution in [2.24, 2.45) is 0 Å². The Bertz CT molecular complexity index is 444. The van der Waals surface area contributed by atoms with Crippen LogP contribution in [0.15, 0.2) is 48.7 Å². The van der Waals surface area contributed by atoms with E-state index in [1.165, 1.54) is 25.0 Å². The number of hydrogen-bond acceptors (Lipinski definition) is 1. The van der Waals surface area contributed by atoms with Crippen molar-refractivity contribution in [1.29, 1.82) is 0 Å². The fraction of sp³-hybridized carbons (Fsp3) is 0.375. The molecule has 0 bridgehead atoms. The maximum Gasteiger partial charge on any atom is 0.416 e. The van der Waals surface area contributed by atoms with Gasteiger partial charge in [0.05, 0.1) is 5.56 Å². The number of nitrogens with zero attached hydrogens (tertiary/aromatic N) is 1. The summed E-state index contributed by atoms with van der Waals surface area (Å²) in [6.07, 6.45) is 6.84. The van der Waals surface area contributed by atoms with Gasteiger partial charge in [0.1, 0.15) is 0 Å². The number of rotatable bonds is 6. The van der Waals surface area contributed by atoms with E-state index in [-0.39, 0.29) is 0 Å². The number of halogens is 3. The molecule has 4 heteroatoms. The molecule has 0 aliphatic rings. The quantitative estimate of drug-likeness (QED) is 0.499. The first kappa shape index (κ1) is 16.3. The second-order valence-corrected chi connectivity index (χ2v) is 4.57. The lowest BCUT2D eigenvalue weighted by atomic mass is 10.2. The summed E-state index contributed by atoms with van der Waals surface area (Å²) in [5.41, 5.74) is 0.0919. The van der Waals surface area contributed by atoms with E-state index in [9.17, 15) is 13.2 Å². The van der Waals surface area contributed by atoms with Crippen molar-refractivity contribution in [3.63, 3.8) is 0 Å². The minimum atomic E-state index is -4.28. The van der Waals surface area contributed by atoms with Crippen molar-refractivity contribution >= 4 is 5.69 Å². The first-order valence-electron chi connectivity index (χ1n) is 6.68. The van der Waals surface area contributed by atoms with Crippen LogP contribution in [0.4, 0.5) is 18.9 Å². The van der Waals surface area contributed by atoms with Crippen LogP contribution in [0.2, 0.25) is 0 Å². The lowest BCUT2D eigenvalue weighted by Crippen LogP contribution is -2.09. The Hall–Kier alpha value is -1.71. The van der Waals surface area contributed by atoms with Crippen LogP contribution in [-0.2, 0) is 6.18 Å². The maximum absolute atomic E-state index is 12.4. The number of benzene rings is 1. The van der Waals surface area contributed by atoms with E-state index in [0.29, 0.717) is 0 Å². The van der Waals surface area contributed by atoms with E-state index in [4.69, 9.17) is 0 Å². The molecule has 1 rings (SSSR count). The molecule has 0 aliphatic heterocycles. The van der Waals surface area contributed by atoms with Gasteiger partial charge in [0, 0.05) is 18.9 Å². The lowest BCUT2D eigenvalue weighted by molar-refractivity contribution is -0.137. The molecule has 0 fully saturated rings. The highest BCUT2D eigenvalue weighted by Crippen LogP contribution is 2.30. The van der Waals surface area contributed by atoms with E-state index in [1.54, 1.807) is 11.9 Å². The molecule has 20 heavy (non-hydrogen) atoms. The molecular weight excluding hydrogens is 263 g/mol. The minimum Gasteiger partial charge on any atom is -0.351 e. The molecule has 0 saturated carbocycles.